The third-order valence-corrected chi connectivity index (χ3v) is 4.48. The number of rotatable bonds is 7. The topological polar surface area (TPSA) is 117 Å². The Morgan fingerprint density at radius 1 is 1.29 bits per heavy atom. The second-order valence-corrected chi connectivity index (χ2v) is 6.98. The number of carbonyl (C=O) groups is 2. The SMILES string of the molecule is CCn1cc(NC(=O)c2ccn(COc3ccc(Br)cc3Cl)n2)c(C(N)=O)n1. The van der Waals surface area contributed by atoms with Gasteiger partial charge in [-0.1, -0.05) is 27.5 Å². The van der Waals surface area contributed by atoms with Gasteiger partial charge in [-0.15, -0.1) is 0 Å². The molecule has 3 N–H and O–H groups in total. The number of aromatic nitrogens is 4. The fraction of sp³-hybridized carbons (Fsp3) is 0.176. The first kappa shape index (κ1) is 19.9. The summed E-state index contributed by atoms with van der Waals surface area (Å²) in [6.45, 7) is 2.44. The molecule has 0 fully saturated rings. The van der Waals surface area contributed by atoms with E-state index < -0.39 is 11.8 Å². The number of hydrogen-bond acceptors (Lipinski definition) is 5. The second-order valence-electron chi connectivity index (χ2n) is 5.65. The summed E-state index contributed by atoms with van der Waals surface area (Å²) in [5.41, 5.74) is 5.66. The van der Waals surface area contributed by atoms with E-state index in [-0.39, 0.29) is 23.8 Å². The molecule has 0 aliphatic rings. The molecule has 0 aliphatic carbocycles. The Morgan fingerprint density at radius 2 is 2.07 bits per heavy atom. The van der Waals surface area contributed by atoms with Crippen LogP contribution in [0, 0.1) is 0 Å². The number of amides is 2. The van der Waals surface area contributed by atoms with E-state index in [0.717, 1.165) is 4.47 Å². The second kappa shape index (κ2) is 8.44. The smallest absolute Gasteiger partial charge is 0.276 e. The number of anilines is 1. The number of hydrogen-bond donors (Lipinski definition) is 2. The summed E-state index contributed by atoms with van der Waals surface area (Å²) < 4.78 is 9.38. The third kappa shape index (κ3) is 4.52. The third-order valence-electron chi connectivity index (χ3n) is 3.69. The van der Waals surface area contributed by atoms with Gasteiger partial charge in [0.1, 0.15) is 5.75 Å². The molecule has 0 radical (unpaired) electrons. The molecule has 11 heteroatoms. The minimum Gasteiger partial charge on any atom is -0.470 e. The van der Waals surface area contributed by atoms with Crippen molar-refractivity contribution in [2.75, 3.05) is 5.32 Å². The van der Waals surface area contributed by atoms with Crippen LogP contribution in [-0.4, -0.2) is 31.4 Å². The summed E-state index contributed by atoms with van der Waals surface area (Å²) in [6.07, 6.45) is 3.12. The molecule has 9 nitrogen and oxygen atoms in total. The maximum absolute atomic E-state index is 12.4. The Labute approximate surface area is 173 Å². The van der Waals surface area contributed by atoms with Gasteiger partial charge >= 0.3 is 0 Å². The number of carbonyl (C=O) groups excluding carboxylic acids is 2. The number of nitrogens with one attached hydrogen (secondary N) is 1. The minimum atomic E-state index is -0.729. The van der Waals surface area contributed by atoms with E-state index in [2.05, 4.69) is 31.4 Å². The van der Waals surface area contributed by atoms with Gasteiger partial charge in [-0.2, -0.15) is 10.2 Å². The van der Waals surface area contributed by atoms with E-state index in [0.29, 0.717) is 17.3 Å². The quantitative estimate of drug-likeness (QED) is 0.554. The van der Waals surface area contributed by atoms with Crippen molar-refractivity contribution in [1.82, 2.24) is 19.6 Å². The van der Waals surface area contributed by atoms with Gasteiger partial charge in [0, 0.05) is 23.4 Å². The van der Waals surface area contributed by atoms with E-state index in [1.54, 1.807) is 24.4 Å². The standard InChI is InChI=1S/C17H16BrClN6O3/c1-2-24-8-13(15(23-24)16(20)26)21-17(27)12-5-6-25(22-12)9-28-14-4-3-10(18)7-11(14)19/h3-8H,2,9H2,1H3,(H2,20,26)(H,21,27). The number of nitrogens with two attached hydrogens (primary N) is 1. The summed E-state index contributed by atoms with van der Waals surface area (Å²) in [4.78, 5) is 23.9. The van der Waals surface area contributed by atoms with Crippen LogP contribution in [0.2, 0.25) is 5.02 Å². The molecule has 2 heterocycles. The van der Waals surface area contributed by atoms with Crippen LogP contribution in [-0.2, 0) is 13.3 Å². The van der Waals surface area contributed by atoms with Crippen LogP contribution in [0.25, 0.3) is 0 Å². The minimum absolute atomic E-state index is 0.0113. The predicted octanol–water partition coefficient (Wildman–Crippen LogP) is 2.90. The normalized spacial score (nSPS) is 10.7. The Balaban J connectivity index is 1.67. The number of ether oxygens (including phenoxy) is 1. The van der Waals surface area contributed by atoms with Gasteiger partial charge in [-0.25, -0.2) is 4.68 Å². The Kier molecular flexibility index (Phi) is 6.00. The number of halogens is 2. The number of aryl methyl sites for hydroxylation is 1. The highest BCUT2D eigenvalue weighted by atomic mass is 79.9. The molecule has 146 valence electrons. The van der Waals surface area contributed by atoms with Gasteiger partial charge in [-0.05, 0) is 31.2 Å². The van der Waals surface area contributed by atoms with Crippen molar-refractivity contribution >= 4 is 45.0 Å². The highest BCUT2D eigenvalue weighted by Gasteiger charge is 2.18. The van der Waals surface area contributed by atoms with Crippen LogP contribution in [0.4, 0.5) is 5.69 Å². The van der Waals surface area contributed by atoms with Crippen molar-refractivity contribution in [3.63, 3.8) is 0 Å². The fourth-order valence-corrected chi connectivity index (χ4v) is 3.05. The zero-order valence-corrected chi connectivity index (χ0v) is 17.1. The van der Waals surface area contributed by atoms with Gasteiger partial charge in [0.2, 0.25) is 0 Å². The highest BCUT2D eigenvalue weighted by Crippen LogP contribution is 2.27. The lowest BCUT2D eigenvalue weighted by Crippen LogP contribution is -2.18. The molecule has 0 spiro atoms. The lowest BCUT2D eigenvalue weighted by atomic mass is 10.3. The molecule has 28 heavy (non-hydrogen) atoms. The fourth-order valence-electron chi connectivity index (χ4n) is 2.33. The van der Waals surface area contributed by atoms with Gasteiger partial charge in [-0.3, -0.25) is 14.3 Å². The highest BCUT2D eigenvalue weighted by molar-refractivity contribution is 9.10. The number of benzene rings is 1. The Morgan fingerprint density at radius 3 is 2.75 bits per heavy atom. The Bertz CT molecular complexity index is 1030. The van der Waals surface area contributed by atoms with E-state index in [9.17, 15) is 9.59 Å². The molecule has 2 amide bonds. The molecule has 0 unspecified atom stereocenters. The zero-order valence-electron chi connectivity index (χ0n) is 14.7. The molecule has 3 rings (SSSR count). The van der Waals surface area contributed by atoms with E-state index in [4.69, 9.17) is 22.1 Å². The summed E-state index contributed by atoms with van der Waals surface area (Å²) in [5, 5.41) is 11.2. The molecule has 0 saturated heterocycles. The molecular formula is C17H16BrClN6O3. The summed E-state index contributed by atoms with van der Waals surface area (Å²) >= 11 is 9.42. The summed E-state index contributed by atoms with van der Waals surface area (Å²) in [6, 6.07) is 6.76. The largest absolute Gasteiger partial charge is 0.470 e. The molecule has 1 aromatic carbocycles. The predicted molar refractivity (Wildman–Crippen MR) is 106 cm³/mol. The van der Waals surface area contributed by atoms with Crippen LogP contribution in [0.1, 0.15) is 27.9 Å². The van der Waals surface area contributed by atoms with Gasteiger partial charge in [0.15, 0.2) is 18.1 Å². The van der Waals surface area contributed by atoms with Crippen molar-refractivity contribution in [3.05, 3.63) is 57.5 Å². The monoisotopic (exact) mass is 466 g/mol. The first-order chi connectivity index (χ1) is 13.4. The maximum atomic E-state index is 12.4. The van der Waals surface area contributed by atoms with Crippen LogP contribution >= 0.6 is 27.5 Å². The van der Waals surface area contributed by atoms with Crippen molar-refractivity contribution in [2.24, 2.45) is 5.73 Å². The lowest BCUT2D eigenvalue weighted by Gasteiger charge is -2.08. The van der Waals surface area contributed by atoms with Gasteiger partial charge < -0.3 is 15.8 Å². The molecule has 0 atom stereocenters. The van der Waals surface area contributed by atoms with Gasteiger partial charge in [0.05, 0.1) is 10.7 Å². The van der Waals surface area contributed by atoms with Crippen LogP contribution < -0.4 is 15.8 Å². The van der Waals surface area contributed by atoms with E-state index in [1.807, 2.05) is 6.92 Å². The zero-order chi connectivity index (χ0) is 20.3. The molecular weight excluding hydrogens is 452 g/mol. The van der Waals surface area contributed by atoms with Crippen molar-refractivity contribution < 1.29 is 14.3 Å². The molecule has 0 bridgehead atoms. The van der Waals surface area contributed by atoms with Crippen molar-refractivity contribution in [3.8, 4) is 5.75 Å². The van der Waals surface area contributed by atoms with Crippen LogP contribution in [0.3, 0.4) is 0 Å². The summed E-state index contributed by atoms with van der Waals surface area (Å²) in [5.74, 6) is -0.740. The first-order valence-corrected chi connectivity index (χ1v) is 9.34. The van der Waals surface area contributed by atoms with E-state index >= 15 is 0 Å². The Hall–Kier alpha value is -2.85. The number of primary amides is 1. The first-order valence-electron chi connectivity index (χ1n) is 8.17. The average molecular weight is 468 g/mol. The maximum Gasteiger partial charge on any atom is 0.276 e. The molecule has 2 aromatic heterocycles. The van der Waals surface area contributed by atoms with E-state index in [1.165, 1.54) is 21.6 Å². The molecule has 0 saturated carbocycles. The lowest BCUT2D eigenvalue weighted by molar-refractivity contribution is 0.0995. The van der Waals surface area contributed by atoms with Crippen LogP contribution in [0.15, 0.2) is 41.1 Å². The molecule has 0 aliphatic heterocycles. The van der Waals surface area contributed by atoms with Gasteiger partial charge in [0.25, 0.3) is 11.8 Å². The van der Waals surface area contributed by atoms with Crippen molar-refractivity contribution in [1.29, 1.82) is 0 Å². The van der Waals surface area contributed by atoms with Crippen LogP contribution in [0.5, 0.6) is 5.75 Å². The average Bonchev–Trinajstić information content (AvgIpc) is 3.28. The number of nitrogens with zero attached hydrogens (tertiary/aromatic N) is 4. The van der Waals surface area contributed by atoms with Crippen molar-refractivity contribution in [2.45, 2.75) is 20.2 Å². The molecule has 3 aromatic rings. The summed E-state index contributed by atoms with van der Waals surface area (Å²) in [7, 11) is 0.